The first-order valence-corrected chi connectivity index (χ1v) is 10.4. The minimum Gasteiger partial charge on any atom is -0.262 e. The number of hydrogen-bond acceptors (Lipinski definition) is 2. The highest BCUT2D eigenvalue weighted by atomic mass is 32.2. The second-order valence-corrected chi connectivity index (χ2v) is 8.94. The molecule has 0 aromatic heterocycles. The van der Waals surface area contributed by atoms with Crippen molar-refractivity contribution in [2.45, 2.75) is 39.1 Å². The summed E-state index contributed by atoms with van der Waals surface area (Å²) in [6.07, 6.45) is 0. The molecule has 0 aliphatic carbocycles. The van der Waals surface area contributed by atoms with E-state index in [0.29, 0.717) is 17.1 Å². The predicted octanol–water partition coefficient (Wildman–Crippen LogP) is 5.32. The van der Waals surface area contributed by atoms with Crippen molar-refractivity contribution in [2.75, 3.05) is 4.31 Å². The molecular formula is C23H25NO2S. The molecule has 0 aliphatic rings. The summed E-state index contributed by atoms with van der Waals surface area (Å²) in [4.78, 5) is 0.304. The first-order valence-electron chi connectivity index (χ1n) is 8.99. The van der Waals surface area contributed by atoms with Gasteiger partial charge >= 0.3 is 0 Å². The Bertz CT molecular complexity index is 1040. The standard InChI is InChI=1S/C23H25NO2S/c1-17-5-10-21(11-6-17)16-24(22-12-9-19(3)20(4)15-22)27(25,26)23-13-7-18(2)8-14-23/h5-15H,16H2,1-4H3. The molecule has 0 saturated carbocycles. The summed E-state index contributed by atoms with van der Waals surface area (Å²) >= 11 is 0. The zero-order valence-corrected chi connectivity index (χ0v) is 17.0. The number of sulfonamides is 1. The number of hydrogen-bond donors (Lipinski definition) is 0. The molecule has 3 aromatic rings. The van der Waals surface area contributed by atoms with Crippen molar-refractivity contribution in [2.24, 2.45) is 0 Å². The number of aryl methyl sites for hydroxylation is 4. The van der Waals surface area contributed by atoms with E-state index >= 15 is 0 Å². The second kappa shape index (κ2) is 7.57. The quantitative estimate of drug-likeness (QED) is 0.602. The van der Waals surface area contributed by atoms with Gasteiger partial charge in [0.05, 0.1) is 17.1 Å². The van der Waals surface area contributed by atoms with Crippen LogP contribution in [0.5, 0.6) is 0 Å². The third-order valence-electron chi connectivity index (χ3n) is 4.83. The highest BCUT2D eigenvalue weighted by Gasteiger charge is 2.25. The average Bonchev–Trinajstić information content (AvgIpc) is 2.64. The molecule has 0 bridgehead atoms. The smallest absolute Gasteiger partial charge is 0.262 e. The van der Waals surface area contributed by atoms with Crippen molar-refractivity contribution in [3.05, 3.63) is 94.5 Å². The van der Waals surface area contributed by atoms with Crippen molar-refractivity contribution in [1.82, 2.24) is 0 Å². The minimum atomic E-state index is -3.68. The monoisotopic (exact) mass is 379 g/mol. The summed E-state index contributed by atoms with van der Waals surface area (Å²) in [6, 6.07) is 20.8. The Morgan fingerprint density at radius 1 is 0.704 bits per heavy atom. The second-order valence-electron chi connectivity index (χ2n) is 7.08. The Balaban J connectivity index is 2.09. The van der Waals surface area contributed by atoms with Crippen LogP contribution in [0.3, 0.4) is 0 Å². The van der Waals surface area contributed by atoms with Crippen molar-refractivity contribution in [3.8, 4) is 0 Å². The fourth-order valence-corrected chi connectivity index (χ4v) is 4.34. The van der Waals surface area contributed by atoms with E-state index in [0.717, 1.165) is 27.8 Å². The summed E-state index contributed by atoms with van der Waals surface area (Å²) in [5, 5.41) is 0. The summed E-state index contributed by atoms with van der Waals surface area (Å²) in [5.41, 5.74) is 6.03. The third-order valence-corrected chi connectivity index (χ3v) is 6.62. The van der Waals surface area contributed by atoms with Crippen LogP contribution in [0, 0.1) is 27.7 Å². The van der Waals surface area contributed by atoms with Gasteiger partial charge in [-0.1, -0.05) is 53.6 Å². The Kier molecular flexibility index (Phi) is 5.38. The van der Waals surface area contributed by atoms with Gasteiger partial charge < -0.3 is 0 Å². The van der Waals surface area contributed by atoms with Crippen LogP contribution in [0.25, 0.3) is 0 Å². The first kappa shape index (κ1) is 19.2. The molecule has 0 fully saturated rings. The average molecular weight is 380 g/mol. The van der Waals surface area contributed by atoms with E-state index in [1.165, 1.54) is 4.31 Å². The number of rotatable bonds is 5. The van der Waals surface area contributed by atoms with Crippen molar-refractivity contribution >= 4 is 15.7 Å². The molecule has 0 aliphatic heterocycles. The van der Waals surface area contributed by atoms with Crippen LogP contribution in [0.15, 0.2) is 71.6 Å². The molecular weight excluding hydrogens is 354 g/mol. The normalized spacial score (nSPS) is 11.4. The van der Waals surface area contributed by atoms with Gasteiger partial charge in [-0.15, -0.1) is 0 Å². The highest BCUT2D eigenvalue weighted by molar-refractivity contribution is 7.92. The molecule has 3 aromatic carbocycles. The number of nitrogens with zero attached hydrogens (tertiary/aromatic N) is 1. The van der Waals surface area contributed by atoms with Crippen molar-refractivity contribution in [1.29, 1.82) is 0 Å². The maximum Gasteiger partial charge on any atom is 0.264 e. The predicted molar refractivity (Wildman–Crippen MR) is 112 cm³/mol. The first-order chi connectivity index (χ1) is 12.8. The molecule has 0 amide bonds. The largest absolute Gasteiger partial charge is 0.264 e. The van der Waals surface area contributed by atoms with E-state index in [4.69, 9.17) is 0 Å². The summed E-state index contributed by atoms with van der Waals surface area (Å²) in [5.74, 6) is 0. The molecule has 3 nitrogen and oxygen atoms in total. The van der Waals surface area contributed by atoms with E-state index in [-0.39, 0.29) is 0 Å². The van der Waals surface area contributed by atoms with Gasteiger partial charge in [0.1, 0.15) is 0 Å². The minimum absolute atomic E-state index is 0.291. The summed E-state index contributed by atoms with van der Waals surface area (Å²) < 4.78 is 28.4. The van der Waals surface area contributed by atoms with Gasteiger partial charge in [-0.25, -0.2) is 8.42 Å². The Morgan fingerprint density at radius 3 is 1.81 bits per heavy atom. The molecule has 0 radical (unpaired) electrons. The van der Waals surface area contributed by atoms with Gasteiger partial charge in [0.2, 0.25) is 0 Å². The molecule has 140 valence electrons. The van der Waals surface area contributed by atoms with Gasteiger partial charge in [0, 0.05) is 0 Å². The molecule has 0 heterocycles. The van der Waals surface area contributed by atoms with Gasteiger partial charge in [0.15, 0.2) is 0 Å². The Morgan fingerprint density at radius 2 is 1.26 bits per heavy atom. The van der Waals surface area contributed by atoms with Crippen LogP contribution in [-0.2, 0) is 16.6 Å². The topological polar surface area (TPSA) is 37.4 Å². The highest BCUT2D eigenvalue weighted by Crippen LogP contribution is 2.28. The van der Waals surface area contributed by atoms with E-state index in [1.54, 1.807) is 12.1 Å². The lowest BCUT2D eigenvalue weighted by Crippen LogP contribution is -2.30. The summed E-state index contributed by atoms with van der Waals surface area (Å²) in [7, 11) is -3.68. The van der Waals surface area contributed by atoms with Crippen LogP contribution in [0.1, 0.15) is 27.8 Å². The van der Waals surface area contributed by atoms with Crippen molar-refractivity contribution in [3.63, 3.8) is 0 Å². The van der Waals surface area contributed by atoms with E-state index in [2.05, 4.69) is 0 Å². The van der Waals surface area contributed by atoms with E-state index in [1.807, 2.05) is 82.3 Å². The molecule has 27 heavy (non-hydrogen) atoms. The molecule has 3 rings (SSSR count). The van der Waals surface area contributed by atoms with Crippen LogP contribution in [0.4, 0.5) is 5.69 Å². The lowest BCUT2D eigenvalue weighted by atomic mass is 10.1. The fraction of sp³-hybridized carbons (Fsp3) is 0.217. The molecule has 0 spiro atoms. The van der Waals surface area contributed by atoms with E-state index in [9.17, 15) is 8.42 Å². The van der Waals surface area contributed by atoms with Crippen LogP contribution in [-0.4, -0.2) is 8.42 Å². The van der Waals surface area contributed by atoms with Gasteiger partial charge in [-0.3, -0.25) is 4.31 Å². The number of benzene rings is 3. The SMILES string of the molecule is Cc1ccc(CN(c2ccc(C)c(C)c2)S(=O)(=O)c2ccc(C)cc2)cc1. The van der Waals surface area contributed by atoms with E-state index < -0.39 is 10.0 Å². The van der Waals surface area contributed by atoms with Crippen LogP contribution >= 0.6 is 0 Å². The third kappa shape index (κ3) is 4.22. The maximum absolute atomic E-state index is 13.4. The lowest BCUT2D eigenvalue weighted by Gasteiger charge is -2.25. The Hall–Kier alpha value is -2.59. The molecule has 0 N–H and O–H groups in total. The maximum atomic E-state index is 13.4. The zero-order chi connectivity index (χ0) is 19.6. The molecule has 0 atom stereocenters. The fourth-order valence-electron chi connectivity index (χ4n) is 2.89. The molecule has 0 saturated heterocycles. The lowest BCUT2D eigenvalue weighted by molar-refractivity contribution is 0.590. The Labute approximate surface area is 162 Å². The molecule has 0 unspecified atom stereocenters. The van der Waals surface area contributed by atoms with Crippen molar-refractivity contribution < 1.29 is 8.42 Å². The van der Waals surface area contributed by atoms with Gasteiger partial charge in [-0.05, 0) is 68.7 Å². The van der Waals surface area contributed by atoms with Crippen LogP contribution < -0.4 is 4.31 Å². The molecule has 4 heteroatoms. The van der Waals surface area contributed by atoms with Gasteiger partial charge in [-0.2, -0.15) is 0 Å². The van der Waals surface area contributed by atoms with Crippen LogP contribution in [0.2, 0.25) is 0 Å². The number of anilines is 1. The van der Waals surface area contributed by atoms with Gasteiger partial charge in [0.25, 0.3) is 10.0 Å². The summed E-state index contributed by atoms with van der Waals surface area (Å²) in [6.45, 7) is 8.29. The zero-order valence-electron chi connectivity index (χ0n) is 16.2.